The largest absolute Gasteiger partial charge is 0.335 e. The van der Waals surface area contributed by atoms with Crippen LogP contribution in [0.3, 0.4) is 0 Å². The second-order valence-electron chi connectivity index (χ2n) is 7.64. The minimum absolute atomic E-state index is 0.107. The molecule has 0 N–H and O–H groups in total. The summed E-state index contributed by atoms with van der Waals surface area (Å²) in [6.45, 7) is 2.85. The highest BCUT2D eigenvalue weighted by Gasteiger charge is 2.42. The average Bonchev–Trinajstić information content (AvgIpc) is 2.76. The summed E-state index contributed by atoms with van der Waals surface area (Å²) in [4.78, 5) is 15.4. The molecule has 1 heterocycles. The van der Waals surface area contributed by atoms with Crippen LogP contribution < -0.4 is 0 Å². The van der Waals surface area contributed by atoms with Crippen molar-refractivity contribution in [2.24, 2.45) is 0 Å². The molecule has 3 aromatic rings. The number of hydrogen-bond donors (Lipinski definition) is 0. The van der Waals surface area contributed by atoms with Crippen molar-refractivity contribution >= 4 is 21.8 Å². The Labute approximate surface area is 175 Å². The van der Waals surface area contributed by atoms with Crippen molar-refractivity contribution in [3.05, 3.63) is 106 Å². The molecule has 1 amide bonds. The molecule has 3 aromatic carbocycles. The molecule has 0 aliphatic carbocycles. The number of halogens is 1. The maximum atomic E-state index is 13.4. The third-order valence-corrected chi connectivity index (χ3v) is 6.49. The molecule has 4 rings (SSSR count). The van der Waals surface area contributed by atoms with E-state index in [1.807, 2.05) is 24.3 Å². The number of amides is 1. The summed E-state index contributed by atoms with van der Waals surface area (Å²) in [5.41, 5.74) is 3.12. The van der Waals surface area contributed by atoms with Gasteiger partial charge in [-0.3, -0.25) is 4.79 Å². The van der Waals surface area contributed by atoms with Crippen LogP contribution in [0.25, 0.3) is 0 Å². The first-order valence-electron chi connectivity index (χ1n) is 9.78. The molecule has 1 aliphatic heterocycles. The minimum atomic E-state index is -0.181. The van der Waals surface area contributed by atoms with E-state index in [1.54, 1.807) is 0 Å². The molecule has 28 heavy (non-hydrogen) atoms. The van der Waals surface area contributed by atoms with Crippen LogP contribution in [0.15, 0.2) is 89.4 Å². The van der Waals surface area contributed by atoms with E-state index in [1.165, 1.54) is 11.1 Å². The number of piperidine rings is 1. The lowest BCUT2D eigenvalue weighted by molar-refractivity contribution is 0.0549. The fourth-order valence-corrected chi connectivity index (χ4v) is 4.58. The van der Waals surface area contributed by atoms with Gasteiger partial charge in [0.2, 0.25) is 0 Å². The molecule has 1 atom stereocenters. The summed E-state index contributed by atoms with van der Waals surface area (Å²) >= 11 is 3.46. The van der Waals surface area contributed by atoms with Gasteiger partial charge < -0.3 is 4.90 Å². The van der Waals surface area contributed by atoms with Crippen molar-refractivity contribution in [3.8, 4) is 0 Å². The zero-order valence-corrected chi connectivity index (χ0v) is 17.6. The Morgan fingerprint density at radius 1 is 0.893 bits per heavy atom. The van der Waals surface area contributed by atoms with E-state index in [4.69, 9.17) is 0 Å². The monoisotopic (exact) mass is 433 g/mol. The number of nitrogens with zero attached hydrogens (tertiary/aromatic N) is 1. The molecule has 0 bridgehead atoms. The lowest BCUT2D eigenvalue weighted by atomic mass is 9.68. The Bertz CT molecular complexity index is 898. The second-order valence-corrected chi connectivity index (χ2v) is 8.56. The van der Waals surface area contributed by atoms with Crippen LogP contribution in [0.5, 0.6) is 0 Å². The smallest absolute Gasteiger partial charge is 0.254 e. The summed E-state index contributed by atoms with van der Waals surface area (Å²) in [5.74, 6) is 0.107. The maximum Gasteiger partial charge on any atom is 0.254 e. The average molecular weight is 434 g/mol. The second kappa shape index (κ2) is 7.92. The lowest BCUT2D eigenvalue weighted by Crippen LogP contribution is -2.53. The summed E-state index contributed by atoms with van der Waals surface area (Å²) < 4.78 is 0.985. The predicted molar refractivity (Wildman–Crippen MR) is 118 cm³/mol. The number of rotatable bonds is 3. The number of carbonyl (C=O) groups is 1. The Kier molecular flexibility index (Phi) is 5.36. The Balaban J connectivity index is 1.76. The number of carbonyl (C=O) groups excluding carboxylic acids is 1. The van der Waals surface area contributed by atoms with Gasteiger partial charge >= 0.3 is 0 Å². The molecule has 0 aromatic heterocycles. The third kappa shape index (κ3) is 3.51. The van der Waals surface area contributed by atoms with Crippen molar-refractivity contribution in [2.45, 2.75) is 31.2 Å². The van der Waals surface area contributed by atoms with E-state index in [-0.39, 0.29) is 17.4 Å². The van der Waals surface area contributed by atoms with Crippen molar-refractivity contribution in [2.75, 3.05) is 6.54 Å². The van der Waals surface area contributed by atoms with E-state index in [9.17, 15) is 4.79 Å². The molecule has 0 radical (unpaired) electrons. The Morgan fingerprint density at radius 3 is 1.96 bits per heavy atom. The molecular weight excluding hydrogens is 410 g/mol. The first kappa shape index (κ1) is 18.9. The fourth-order valence-electron chi connectivity index (χ4n) is 4.32. The summed E-state index contributed by atoms with van der Waals surface area (Å²) in [6, 6.07) is 29.2. The van der Waals surface area contributed by atoms with Gasteiger partial charge in [-0.25, -0.2) is 0 Å². The topological polar surface area (TPSA) is 20.3 Å². The van der Waals surface area contributed by atoms with E-state index in [2.05, 4.69) is 88.4 Å². The van der Waals surface area contributed by atoms with Crippen LogP contribution in [-0.4, -0.2) is 23.4 Å². The molecular formula is C25H24BrNO. The maximum absolute atomic E-state index is 13.4. The molecule has 0 spiro atoms. The molecule has 2 nitrogen and oxygen atoms in total. The summed E-state index contributed by atoms with van der Waals surface area (Å²) in [5, 5.41) is 0. The minimum Gasteiger partial charge on any atom is -0.335 e. The fraction of sp³-hybridized carbons (Fsp3) is 0.240. The van der Waals surface area contributed by atoms with Crippen LogP contribution in [0.1, 0.15) is 41.3 Å². The van der Waals surface area contributed by atoms with Crippen LogP contribution >= 0.6 is 15.9 Å². The van der Waals surface area contributed by atoms with Crippen LogP contribution in [0.4, 0.5) is 0 Å². The quantitative estimate of drug-likeness (QED) is 0.491. The van der Waals surface area contributed by atoms with Gasteiger partial charge in [-0.1, -0.05) is 76.6 Å². The van der Waals surface area contributed by atoms with Gasteiger partial charge in [0.15, 0.2) is 0 Å². The van der Waals surface area contributed by atoms with Gasteiger partial charge in [0.1, 0.15) is 0 Å². The first-order chi connectivity index (χ1) is 13.6. The highest BCUT2D eigenvalue weighted by Crippen LogP contribution is 2.42. The van der Waals surface area contributed by atoms with E-state index in [0.717, 1.165) is 22.9 Å². The summed E-state index contributed by atoms with van der Waals surface area (Å²) in [7, 11) is 0. The number of hydrogen-bond acceptors (Lipinski definition) is 1. The van der Waals surface area contributed by atoms with Gasteiger partial charge in [-0.05, 0) is 55.2 Å². The van der Waals surface area contributed by atoms with Gasteiger partial charge in [-0.15, -0.1) is 0 Å². The highest BCUT2D eigenvalue weighted by atomic mass is 79.9. The predicted octanol–water partition coefficient (Wildman–Crippen LogP) is 6.06. The van der Waals surface area contributed by atoms with Crippen LogP contribution in [0, 0.1) is 0 Å². The molecule has 0 unspecified atom stereocenters. The SMILES string of the molecule is C[C@@H]1CCC(c2ccccc2)(c2ccccc2)CN1C(=O)c1ccc(Br)cc1. The van der Waals surface area contributed by atoms with Crippen LogP contribution in [0.2, 0.25) is 0 Å². The number of likely N-dealkylation sites (tertiary alicyclic amines) is 1. The highest BCUT2D eigenvalue weighted by molar-refractivity contribution is 9.10. The van der Waals surface area contributed by atoms with Gasteiger partial charge in [0, 0.05) is 28.0 Å². The Morgan fingerprint density at radius 2 is 1.43 bits per heavy atom. The zero-order valence-electron chi connectivity index (χ0n) is 16.0. The molecule has 0 saturated carbocycles. The number of benzene rings is 3. The van der Waals surface area contributed by atoms with E-state index >= 15 is 0 Å². The third-order valence-electron chi connectivity index (χ3n) is 5.97. The van der Waals surface area contributed by atoms with Crippen LogP contribution in [-0.2, 0) is 5.41 Å². The first-order valence-corrected chi connectivity index (χ1v) is 10.6. The van der Waals surface area contributed by atoms with E-state index in [0.29, 0.717) is 6.54 Å². The standard InChI is InChI=1S/C25H24BrNO/c1-19-16-17-25(21-8-4-2-5-9-21,22-10-6-3-7-11-22)18-27(19)24(28)20-12-14-23(26)15-13-20/h2-15,19H,16-18H2,1H3/t19-/m1/s1. The normalized spacial score (nSPS) is 18.6. The van der Waals surface area contributed by atoms with Crippen molar-refractivity contribution in [3.63, 3.8) is 0 Å². The molecule has 142 valence electrons. The van der Waals surface area contributed by atoms with Gasteiger partial charge in [-0.2, -0.15) is 0 Å². The zero-order chi connectivity index (χ0) is 19.6. The molecule has 1 fully saturated rings. The molecule has 3 heteroatoms. The van der Waals surface area contributed by atoms with E-state index < -0.39 is 0 Å². The van der Waals surface area contributed by atoms with Crippen molar-refractivity contribution in [1.82, 2.24) is 4.90 Å². The van der Waals surface area contributed by atoms with Crippen molar-refractivity contribution in [1.29, 1.82) is 0 Å². The van der Waals surface area contributed by atoms with Crippen molar-refractivity contribution < 1.29 is 4.79 Å². The Hall–Kier alpha value is -2.39. The van der Waals surface area contributed by atoms with Gasteiger partial charge in [0.05, 0.1) is 0 Å². The summed E-state index contributed by atoms with van der Waals surface area (Å²) in [6.07, 6.45) is 2.01. The lowest BCUT2D eigenvalue weighted by Gasteiger charge is -2.47. The molecule has 1 saturated heterocycles. The van der Waals surface area contributed by atoms with Gasteiger partial charge in [0.25, 0.3) is 5.91 Å². The molecule has 1 aliphatic rings.